The van der Waals surface area contributed by atoms with Crippen molar-refractivity contribution < 1.29 is 0 Å². The minimum atomic E-state index is 0.0440. The van der Waals surface area contributed by atoms with Gasteiger partial charge in [0.05, 0.1) is 0 Å². The van der Waals surface area contributed by atoms with Gasteiger partial charge in [0, 0.05) is 11.1 Å². The van der Waals surface area contributed by atoms with Crippen LogP contribution in [0.15, 0.2) is 54.6 Å². The van der Waals surface area contributed by atoms with E-state index < -0.39 is 0 Å². The van der Waals surface area contributed by atoms with Gasteiger partial charge in [0.1, 0.15) is 0 Å². The minimum absolute atomic E-state index is 0.0440. The Balaban J connectivity index is 2.09. The fourth-order valence-electron chi connectivity index (χ4n) is 2.14. The third kappa shape index (κ3) is 3.12. The molecule has 0 radical (unpaired) electrons. The van der Waals surface area contributed by atoms with Crippen molar-refractivity contribution in [3.8, 4) is 0 Å². The molecule has 0 amide bonds. The van der Waals surface area contributed by atoms with Gasteiger partial charge in [0.15, 0.2) is 0 Å². The highest BCUT2D eigenvalue weighted by Crippen LogP contribution is 2.25. The Hall–Kier alpha value is -1.31. The summed E-state index contributed by atoms with van der Waals surface area (Å²) < 4.78 is 0. The average molecular weight is 260 g/mol. The van der Waals surface area contributed by atoms with Crippen LogP contribution in [-0.4, -0.2) is 0 Å². The first-order chi connectivity index (χ1) is 8.68. The molecule has 0 aromatic heterocycles. The summed E-state index contributed by atoms with van der Waals surface area (Å²) >= 11 is 6.18. The summed E-state index contributed by atoms with van der Waals surface area (Å²) in [6.45, 7) is 2.17. The van der Waals surface area contributed by atoms with Gasteiger partial charge in [-0.05, 0) is 29.5 Å². The highest BCUT2D eigenvalue weighted by Gasteiger charge is 2.16. The molecule has 0 aliphatic carbocycles. The van der Waals surface area contributed by atoms with E-state index >= 15 is 0 Å². The van der Waals surface area contributed by atoms with E-state index in [0.29, 0.717) is 5.92 Å². The summed E-state index contributed by atoms with van der Waals surface area (Å²) in [5.41, 5.74) is 8.64. The van der Waals surface area contributed by atoms with Gasteiger partial charge in [-0.2, -0.15) is 0 Å². The molecule has 0 heterocycles. The SMILES string of the molecule is CC(Cc1ccccc1Cl)C(N)c1ccccc1. The van der Waals surface area contributed by atoms with Gasteiger partial charge < -0.3 is 5.73 Å². The zero-order chi connectivity index (χ0) is 13.0. The number of nitrogens with two attached hydrogens (primary N) is 1. The molecule has 0 saturated carbocycles. The van der Waals surface area contributed by atoms with Crippen molar-refractivity contribution in [2.75, 3.05) is 0 Å². The quantitative estimate of drug-likeness (QED) is 0.874. The average Bonchev–Trinajstić information content (AvgIpc) is 2.41. The van der Waals surface area contributed by atoms with Crippen LogP contribution in [0.3, 0.4) is 0 Å². The largest absolute Gasteiger partial charge is 0.324 e. The van der Waals surface area contributed by atoms with Crippen molar-refractivity contribution in [3.05, 3.63) is 70.7 Å². The second kappa shape index (κ2) is 6.03. The number of hydrogen-bond donors (Lipinski definition) is 1. The van der Waals surface area contributed by atoms with E-state index in [4.69, 9.17) is 17.3 Å². The summed E-state index contributed by atoms with van der Waals surface area (Å²) in [4.78, 5) is 0. The van der Waals surface area contributed by atoms with Crippen LogP contribution in [-0.2, 0) is 6.42 Å². The monoisotopic (exact) mass is 259 g/mol. The molecule has 94 valence electrons. The Labute approximate surface area is 114 Å². The van der Waals surface area contributed by atoms with Crippen LogP contribution in [0.4, 0.5) is 0 Å². The van der Waals surface area contributed by atoms with Crippen molar-refractivity contribution >= 4 is 11.6 Å². The van der Waals surface area contributed by atoms with Gasteiger partial charge in [-0.15, -0.1) is 0 Å². The molecule has 2 rings (SSSR count). The Bertz CT molecular complexity index is 495. The molecule has 2 aromatic rings. The van der Waals surface area contributed by atoms with E-state index in [9.17, 15) is 0 Å². The van der Waals surface area contributed by atoms with Gasteiger partial charge in [0.2, 0.25) is 0 Å². The molecule has 2 N–H and O–H groups in total. The lowest BCUT2D eigenvalue weighted by Crippen LogP contribution is -2.20. The molecule has 0 spiro atoms. The molecule has 2 heteroatoms. The zero-order valence-corrected chi connectivity index (χ0v) is 11.3. The van der Waals surface area contributed by atoms with Gasteiger partial charge in [-0.25, -0.2) is 0 Å². The Kier molecular flexibility index (Phi) is 4.40. The van der Waals surface area contributed by atoms with Gasteiger partial charge in [-0.3, -0.25) is 0 Å². The Morgan fingerprint density at radius 1 is 1.00 bits per heavy atom. The summed E-state index contributed by atoms with van der Waals surface area (Å²) in [7, 11) is 0. The lowest BCUT2D eigenvalue weighted by molar-refractivity contribution is 0.468. The maximum atomic E-state index is 6.29. The van der Waals surface area contributed by atoms with E-state index in [1.807, 2.05) is 36.4 Å². The first-order valence-electron chi connectivity index (χ1n) is 6.22. The first-order valence-corrected chi connectivity index (χ1v) is 6.60. The zero-order valence-electron chi connectivity index (χ0n) is 10.5. The highest BCUT2D eigenvalue weighted by atomic mass is 35.5. The number of hydrogen-bond acceptors (Lipinski definition) is 1. The predicted octanol–water partition coefficient (Wildman–Crippen LogP) is 4.22. The van der Waals surface area contributed by atoms with Crippen LogP contribution < -0.4 is 5.73 Å². The smallest absolute Gasteiger partial charge is 0.0438 e. The van der Waals surface area contributed by atoms with Crippen LogP contribution in [0, 0.1) is 5.92 Å². The molecule has 1 nitrogen and oxygen atoms in total. The summed E-state index contributed by atoms with van der Waals surface area (Å²) in [5, 5.41) is 0.824. The number of benzene rings is 2. The van der Waals surface area contributed by atoms with Crippen LogP contribution >= 0.6 is 11.6 Å². The van der Waals surface area contributed by atoms with Crippen LogP contribution in [0.2, 0.25) is 5.02 Å². The molecule has 0 bridgehead atoms. The van der Waals surface area contributed by atoms with Crippen molar-refractivity contribution in [1.82, 2.24) is 0 Å². The second-order valence-electron chi connectivity index (χ2n) is 4.71. The van der Waals surface area contributed by atoms with Crippen molar-refractivity contribution in [1.29, 1.82) is 0 Å². The summed E-state index contributed by atoms with van der Waals surface area (Å²) in [6, 6.07) is 18.2. The molecular formula is C16H18ClN. The molecule has 0 saturated heterocycles. The van der Waals surface area contributed by atoms with Crippen LogP contribution in [0.1, 0.15) is 24.1 Å². The van der Waals surface area contributed by atoms with E-state index in [0.717, 1.165) is 17.0 Å². The highest BCUT2D eigenvalue weighted by molar-refractivity contribution is 6.31. The second-order valence-corrected chi connectivity index (χ2v) is 5.12. The molecule has 0 fully saturated rings. The summed E-state index contributed by atoms with van der Waals surface area (Å²) in [6.07, 6.45) is 0.899. The summed E-state index contributed by atoms with van der Waals surface area (Å²) in [5.74, 6) is 0.354. The lowest BCUT2D eigenvalue weighted by atomic mass is 9.90. The minimum Gasteiger partial charge on any atom is -0.324 e. The molecule has 2 atom stereocenters. The standard InChI is InChI=1S/C16H18ClN/c1-12(11-14-9-5-6-10-15(14)17)16(18)13-7-3-2-4-8-13/h2-10,12,16H,11,18H2,1H3. The maximum Gasteiger partial charge on any atom is 0.0438 e. The van der Waals surface area contributed by atoms with E-state index in [1.165, 1.54) is 5.56 Å². The Morgan fingerprint density at radius 3 is 2.28 bits per heavy atom. The van der Waals surface area contributed by atoms with Gasteiger partial charge >= 0.3 is 0 Å². The van der Waals surface area contributed by atoms with Crippen LogP contribution in [0.25, 0.3) is 0 Å². The lowest BCUT2D eigenvalue weighted by Gasteiger charge is -2.20. The molecule has 2 aromatic carbocycles. The van der Waals surface area contributed by atoms with Crippen molar-refractivity contribution in [2.45, 2.75) is 19.4 Å². The van der Waals surface area contributed by atoms with Gasteiger partial charge in [-0.1, -0.05) is 67.1 Å². The molecule has 18 heavy (non-hydrogen) atoms. The topological polar surface area (TPSA) is 26.0 Å². The Morgan fingerprint density at radius 2 is 1.61 bits per heavy atom. The fourth-order valence-corrected chi connectivity index (χ4v) is 2.35. The predicted molar refractivity (Wildman–Crippen MR) is 77.7 cm³/mol. The fraction of sp³-hybridized carbons (Fsp3) is 0.250. The molecular weight excluding hydrogens is 242 g/mol. The normalized spacial score (nSPS) is 14.2. The van der Waals surface area contributed by atoms with Crippen molar-refractivity contribution in [3.63, 3.8) is 0 Å². The van der Waals surface area contributed by atoms with Gasteiger partial charge in [0.25, 0.3) is 0 Å². The maximum absolute atomic E-state index is 6.29. The molecule has 0 aliphatic heterocycles. The molecule has 2 unspecified atom stereocenters. The third-order valence-electron chi connectivity index (χ3n) is 3.30. The first kappa shape index (κ1) is 13.1. The van der Waals surface area contributed by atoms with E-state index in [1.54, 1.807) is 0 Å². The number of rotatable bonds is 4. The van der Waals surface area contributed by atoms with E-state index in [-0.39, 0.29) is 6.04 Å². The van der Waals surface area contributed by atoms with Crippen molar-refractivity contribution in [2.24, 2.45) is 11.7 Å². The van der Waals surface area contributed by atoms with E-state index in [2.05, 4.69) is 25.1 Å². The third-order valence-corrected chi connectivity index (χ3v) is 3.67. The van der Waals surface area contributed by atoms with Crippen LogP contribution in [0.5, 0.6) is 0 Å². The molecule has 0 aliphatic rings. The number of halogens is 1.